The monoisotopic (exact) mass is 180 g/mol. The van der Waals surface area contributed by atoms with Crippen molar-refractivity contribution in [3.8, 4) is 0 Å². The summed E-state index contributed by atoms with van der Waals surface area (Å²) in [7, 11) is 1.81. The summed E-state index contributed by atoms with van der Waals surface area (Å²) in [6, 6.07) is 0. The van der Waals surface area contributed by atoms with E-state index in [1.807, 2.05) is 14.0 Å². The predicted molar refractivity (Wildman–Crippen MR) is 60.7 cm³/mol. The quantitative estimate of drug-likeness (QED) is 0.594. The summed E-state index contributed by atoms with van der Waals surface area (Å²) in [5.41, 5.74) is 3.37. The van der Waals surface area contributed by atoms with Gasteiger partial charge in [0.05, 0.1) is 0 Å². The Bertz CT molecular complexity index is 234. The van der Waals surface area contributed by atoms with Gasteiger partial charge in [-0.1, -0.05) is 20.8 Å². The number of hydrogen-bond donors (Lipinski definition) is 0. The lowest BCUT2D eigenvalue weighted by Gasteiger charge is -2.14. The molecule has 0 atom stereocenters. The molecule has 0 fully saturated rings. The van der Waals surface area contributed by atoms with Gasteiger partial charge in [0.2, 0.25) is 0 Å². The lowest BCUT2D eigenvalue weighted by atomic mass is 9.96. The number of aliphatic imine (C=N–C) groups is 2. The summed E-state index contributed by atoms with van der Waals surface area (Å²) >= 11 is 0. The molecule has 0 saturated heterocycles. The van der Waals surface area contributed by atoms with E-state index in [1.54, 1.807) is 0 Å². The van der Waals surface area contributed by atoms with Crippen molar-refractivity contribution < 1.29 is 0 Å². The van der Waals surface area contributed by atoms with Crippen molar-refractivity contribution in [3.63, 3.8) is 0 Å². The lowest BCUT2D eigenvalue weighted by molar-refractivity contribution is 0.778. The molecule has 0 aromatic rings. The van der Waals surface area contributed by atoms with Gasteiger partial charge in [-0.15, -0.1) is 0 Å². The van der Waals surface area contributed by atoms with E-state index < -0.39 is 0 Å². The zero-order valence-electron chi connectivity index (χ0n) is 9.39. The van der Waals surface area contributed by atoms with Crippen molar-refractivity contribution in [3.05, 3.63) is 11.3 Å². The van der Waals surface area contributed by atoms with Gasteiger partial charge < -0.3 is 0 Å². The molecule has 0 saturated carbocycles. The van der Waals surface area contributed by atoms with Crippen LogP contribution in [0.4, 0.5) is 0 Å². The molecule has 0 aliphatic heterocycles. The molecule has 0 aliphatic carbocycles. The molecular weight excluding hydrogens is 160 g/mol. The van der Waals surface area contributed by atoms with E-state index in [9.17, 15) is 0 Å². The van der Waals surface area contributed by atoms with Crippen molar-refractivity contribution >= 4 is 12.4 Å². The second kappa shape index (κ2) is 5.68. The van der Waals surface area contributed by atoms with E-state index >= 15 is 0 Å². The third-order valence-corrected chi connectivity index (χ3v) is 2.14. The second-order valence-electron chi connectivity index (χ2n) is 3.34. The van der Waals surface area contributed by atoms with Crippen molar-refractivity contribution in [2.75, 3.05) is 7.05 Å². The van der Waals surface area contributed by atoms with Crippen molar-refractivity contribution in [1.29, 1.82) is 0 Å². The minimum Gasteiger partial charge on any atom is -0.293 e. The molecule has 0 aromatic heterocycles. The summed E-state index contributed by atoms with van der Waals surface area (Å²) in [6.07, 6.45) is 0.921. The molecule has 0 rings (SSSR count). The third kappa shape index (κ3) is 3.13. The summed E-state index contributed by atoms with van der Waals surface area (Å²) in [5, 5.41) is 0. The van der Waals surface area contributed by atoms with Crippen molar-refractivity contribution in [2.45, 2.75) is 34.1 Å². The number of rotatable bonds is 4. The molecule has 13 heavy (non-hydrogen) atoms. The third-order valence-electron chi connectivity index (χ3n) is 2.14. The van der Waals surface area contributed by atoms with Gasteiger partial charge in [-0.2, -0.15) is 0 Å². The number of nitrogens with zero attached hydrogens (tertiary/aromatic N) is 2. The maximum atomic E-state index is 4.20. The Morgan fingerprint density at radius 1 is 1.38 bits per heavy atom. The Morgan fingerprint density at radius 3 is 2.15 bits per heavy atom. The molecule has 0 heterocycles. The van der Waals surface area contributed by atoms with Crippen LogP contribution >= 0.6 is 0 Å². The Balaban J connectivity index is 5.21. The molecule has 2 nitrogen and oxygen atoms in total. The van der Waals surface area contributed by atoms with Crippen LogP contribution in [0.5, 0.6) is 0 Å². The minimum absolute atomic E-state index is 0.462. The maximum Gasteiger partial charge on any atom is 0.0446 e. The van der Waals surface area contributed by atoms with E-state index in [-0.39, 0.29) is 0 Å². The van der Waals surface area contributed by atoms with E-state index in [4.69, 9.17) is 0 Å². The zero-order chi connectivity index (χ0) is 10.4. The van der Waals surface area contributed by atoms with Crippen LogP contribution in [-0.4, -0.2) is 19.5 Å². The maximum absolute atomic E-state index is 4.20. The Hall–Kier alpha value is -0.920. The van der Waals surface area contributed by atoms with Gasteiger partial charge in [-0.3, -0.25) is 9.98 Å². The Labute approximate surface area is 81.5 Å². The highest BCUT2D eigenvalue weighted by atomic mass is 14.7. The fourth-order valence-corrected chi connectivity index (χ4v) is 1.47. The van der Waals surface area contributed by atoms with Crippen LogP contribution in [0, 0.1) is 5.92 Å². The van der Waals surface area contributed by atoms with Gasteiger partial charge in [-0.05, 0) is 31.6 Å². The Morgan fingerprint density at radius 2 is 1.92 bits per heavy atom. The first kappa shape index (κ1) is 12.1. The molecule has 0 radical (unpaired) electrons. The zero-order valence-corrected chi connectivity index (χ0v) is 9.39. The van der Waals surface area contributed by atoms with Crippen LogP contribution in [0.2, 0.25) is 0 Å². The van der Waals surface area contributed by atoms with E-state index in [2.05, 4.69) is 37.5 Å². The first-order valence-electron chi connectivity index (χ1n) is 4.71. The highest BCUT2D eigenvalue weighted by Gasteiger charge is 2.11. The molecule has 0 amide bonds. The largest absolute Gasteiger partial charge is 0.293 e. The predicted octanol–water partition coefficient (Wildman–Crippen LogP) is 3.10. The van der Waals surface area contributed by atoms with Crippen LogP contribution < -0.4 is 0 Å². The van der Waals surface area contributed by atoms with Gasteiger partial charge >= 0.3 is 0 Å². The molecule has 0 N–H and O–H groups in total. The first-order chi connectivity index (χ1) is 6.08. The van der Waals surface area contributed by atoms with E-state index in [0.29, 0.717) is 5.92 Å². The standard InChI is InChI=1S/C11H20N2/c1-7-10(13-6)11(8(2)3)9(4)12-5/h8H,6-7H2,1-5H3/b11-10-,12-9?. The summed E-state index contributed by atoms with van der Waals surface area (Å²) in [6.45, 7) is 12.0. The summed E-state index contributed by atoms with van der Waals surface area (Å²) in [4.78, 5) is 8.24. The van der Waals surface area contributed by atoms with Gasteiger partial charge in [0, 0.05) is 18.5 Å². The molecule has 0 unspecified atom stereocenters. The van der Waals surface area contributed by atoms with Crippen molar-refractivity contribution in [1.82, 2.24) is 0 Å². The molecule has 0 bridgehead atoms. The molecular formula is C11H20N2. The first-order valence-corrected chi connectivity index (χ1v) is 4.71. The molecule has 74 valence electrons. The van der Waals surface area contributed by atoms with E-state index in [0.717, 1.165) is 17.8 Å². The smallest absolute Gasteiger partial charge is 0.0446 e. The van der Waals surface area contributed by atoms with E-state index in [1.165, 1.54) is 5.57 Å². The number of hydrogen-bond acceptors (Lipinski definition) is 2. The molecule has 0 aromatic carbocycles. The average Bonchev–Trinajstić information content (AvgIpc) is 2.12. The van der Waals surface area contributed by atoms with Gasteiger partial charge in [0.1, 0.15) is 0 Å². The van der Waals surface area contributed by atoms with Crippen LogP contribution in [-0.2, 0) is 0 Å². The molecule has 2 heteroatoms. The molecule has 0 aliphatic rings. The number of allylic oxidation sites excluding steroid dienone is 2. The van der Waals surface area contributed by atoms with Gasteiger partial charge in [0.25, 0.3) is 0 Å². The van der Waals surface area contributed by atoms with Gasteiger partial charge in [-0.25, -0.2) is 0 Å². The summed E-state index contributed by atoms with van der Waals surface area (Å²) < 4.78 is 0. The SMILES string of the molecule is C=N/C(CC)=C(\C(C)=NC)C(C)C. The highest BCUT2D eigenvalue weighted by Crippen LogP contribution is 2.19. The van der Waals surface area contributed by atoms with Crippen molar-refractivity contribution in [2.24, 2.45) is 15.9 Å². The second-order valence-corrected chi connectivity index (χ2v) is 3.34. The average molecular weight is 180 g/mol. The van der Waals surface area contributed by atoms with Crippen LogP contribution in [0.25, 0.3) is 0 Å². The lowest BCUT2D eigenvalue weighted by Crippen LogP contribution is -2.07. The van der Waals surface area contributed by atoms with Gasteiger partial charge in [0.15, 0.2) is 0 Å². The fourth-order valence-electron chi connectivity index (χ4n) is 1.47. The topological polar surface area (TPSA) is 24.7 Å². The highest BCUT2D eigenvalue weighted by molar-refractivity contribution is 5.99. The molecule has 0 spiro atoms. The normalized spacial score (nSPS) is 14.5. The van der Waals surface area contributed by atoms with Crippen LogP contribution in [0.3, 0.4) is 0 Å². The van der Waals surface area contributed by atoms with Crippen LogP contribution in [0.15, 0.2) is 21.3 Å². The Kier molecular flexibility index (Phi) is 5.28. The minimum atomic E-state index is 0.462. The van der Waals surface area contributed by atoms with Crippen LogP contribution in [0.1, 0.15) is 34.1 Å². The summed E-state index contributed by atoms with van der Waals surface area (Å²) in [5.74, 6) is 0.462. The fraction of sp³-hybridized carbons (Fsp3) is 0.636.